The molecule has 6 rings (SSSR count). The lowest BCUT2D eigenvalue weighted by Gasteiger charge is -2.62. The van der Waals surface area contributed by atoms with Crippen molar-refractivity contribution in [1.82, 2.24) is 0 Å². The summed E-state index contributed by atoms with van der Waals surface area (Å²) in [6.45, 7) is 19.1. The third-order valence-corrected chi connectivity index (χ3v) is 45.0. The Morgan fingerprint density at radius 1 is 0.442 bits per heavy atom. The van der Waals surface area contributed by atoms with Crippen molar-refractivity contribution in [2.75, 3.05) is 6.23 Å². The van der Waals surface area contributed by atoms with E-state index in [-0.39, 0.29) is 6.23 Å². The van der Waals surface area contributed by atoms with Crippen LogP contribution in [-0.4, -0.2) is 82.6 Å². The molecule has 0 aromatic rings. The van der Waals surface area contributed by atoms with Crippen LogP contribution in [0.4, 0.5) is 0 Å². The maximum Gasteiger partial charge on any atom is 0.518 e. The highest BCUT2D eigenvalue weighted by molar-refractivity contribution is 7.03. The normalized spacial score (nSPS) is 47.4. The molecule has 0 amide bonds. The SMILES string of the molecule is CCC(C)(C)C(=O)OC[Si]12O[Si]3(CC)O[Si]4(CC)O[Si]5(CC)O[Si](CC)(O3)O[Si](CC)(O[Si](CC)(O5)O[Si](CC)(O4)O1)O2. The number of ether oxygens (including phenoxy) is 1. The molecule has 0 radical (unpaired) electrons. The summed E-state index contributed by atoms with van der Waals surface area (Å²) in [6, 6.07) is 2.51. The lowest BCUT2D eigenvalue weighted by Crippen LogP contribution is -2.88. The first-order chi connectivity index (χ1) is 20.1. The molecule has 8 bridgehead atoms. The van der Waals surface area contributed by atoms with Crippen molar-refractivity contribution in [2.24, 2.45) is 5.41 Å². The zero-order valence-electron chi connectivity index (χ0n) is 27.1. The van der Waals surface area contributed by atoms with Crippen molar-refractivity contribution in [1.29, 1.82) is 0 Å². The van der Waals surface area contributed by atoms with Gasteiger partial charge in [0, 0.05) is 42.3 Å². The Morgan fingerprint density at radius 2 is 0.651 bits per heavy atom. The van der Waals surface area contributed by atoms with E-state index in [9.17, 15) is 4.79 Å². The number of hydrogen-bond donors (Lipinski definition) is 0. The van der Waals surface area contributed by atoms with Crippen LogP contribution in [0.5, 0.6) is 0 Å². The van der Waals surface area contributed by atoms with Crippen LogP contribution in [-0.2, 0) is 58.9 Å². The fraction of sp³-hybridized carbons (Fsp3) is 0.952. The molecule has 22 heteroatoms. The van der Waals surface area contributed by atoms with Crippen LogP contribution in [0.3, 0.4) is 0 Å². The van der Waals surface area contributed by atoms with Gasteiger partial charge < -0.3 is 54.1 Å². The van der Waals surface area contributed by atoms with Gasteiger partial charge in [0.25, 0.3) is 0 Å². The Labute approximate surface area is 264 Å². The van der Waals surface area contributed by atoms with Gasteiger partial charge in [-0.3, -0.25) is 4.79 Å². The highest BCUT2D eigenvalue weighted by Gasteiger charge is 2.82. The lowest BCUT2D eigenvalue weighted by molar-refractivity contribution is -0.154. The van der Waals surface area contributed by atoms with Gasteiger partial charge in [0.1, 0.15) is 0 Å². The number of carbonyl (C=O) groups is 1. The standard InChI is InChI=1S/C21H48O14Si8/c1-11-21(9,10)20(22)23-19-43-33-40(16-6)27-37(13-3)24-36(12-2)25-38(14-4,29-40)31-42(18-8,35-43)32-39(15-5,26-36)30-41(17-7,28-37)34-43/h11-19H2,1-10H3. The second-order valence-electron chi connectivity index (χ2n) is 12.0. The molecule has 6 saturated heterocycles. The highest BCUT2D eigenvalue weighted by Crippen LogP contribution is 2.52. The van der Waals surface area contributed by atoms with E-state index >= 15 is 0 Å². The van der Waals surface area contributed by atoms with Crippen molar-refractivity contribution in [2.45, 2.75) is 118 Å². The Bertz CT molecular complexity index is 964. The van der Waals surface area contributed by atoms with Crippen LogP contribution in [0, 0.1) is 5.41 Å². The molecular weight excluding hydrogens is 701 g/mol. The first-order valence-corrected chi connectivity index (χ1v) is 31.1. The van der Waals surface area contributed by atoms with Crippen LogP contribution in [0.1, 0.15) is 75.7 Å². The molecule has 0 aromatic heterocycles. The van der Waals surface area contributed by atoms with Gasteiger partial charge in [-0.05, 0) is 20.3 Å². The fourth-order valence-corrected chi connectivity index (χ4v) is 54.3. The molecule has 14 nitrogen and oxygen atoms in total. The molecule has 0 aliphatic carbocycles. The first-order valence-electron chi connectivity index (χ1n) is 15.7. The third kappa shape index (κ3) is 5.99. The molecule has 6 heterocycles. The van der Waals surface area contributed by atoms with E-state index in [1.807, 2.05) is 69.2 Å². The van der Waals surface area contributed by atoms with Gasteiger partial charge in [0.05, 0.1) is 5.41 Å². The number of esters is 1. The minimum absolute atomic E-state index is 0.308. The second kappa shape index (κ2) is 11.7. The minimum Gasteiger partial charge on any atom is -0.461 e. The van der Waals surface area contributed by atoms with Crippen LogP contribution in [0.15, 0.2) is 0 Å². The van der Waals surface area contributed by atoms with Crippen LogP contribution in [0.25, 0.3) is 0 Å². The van der Waals surface area contributed by atoms with Crippen molar-refractivity contribution < 1.29 is 58.9 Å². The monoisotopic (exact) mass is 748 g/mol. The summed E-state index contributed by atoms with van der Waals surface area (Å²) in [4.78, 5) is 13.3. The predicted molar refractivity (Wildman–Crippen MR) is 167 cm³/mol. The van der Waals surface area contributed by atoms with Crippen LogP contribution < -0.4 is 0 Å². The summed E-state index contributed by atoms with van der Waals surface area (Å²) >= 11 is 0. The topological polar surface area (TPSA) is 137 Å². The van der Waals surface area contributed by atoms with E-state index < -0.39 is 81.8 Å². The molecule has 6 fully saturated rings. The molecule has 0 saturated carbocycles. The molecule has 0 spiro atoms. The number of carbonyl (C=O) groups excluding carboxylic acids is 1. The first kappa shape index (κ1) is 35.0. The maximum absolute atomic E-state index is 13.3. The largest absolute Gasteiger partial charge is 0.518 e. The number of rotatable bonds is 11. The molecule has 0 atom stereocenters. The van der Waals surface area contributed by atoms with Gasteiger partial charge >= 0.3 is 76.4 Å². The summed E-state index contributed by atoms with van der Waals surface area (Å²) in [5.41, 5.74) is -0.736. The summed E-state index contributed by atoms with van der Waals surface area (Å²) in [7, 11) is -30.4. The predicted octanol–water partition coefficient (Wildman–Crippen LogP) is 4.42. The van der Waals surface area contributed by atoms with Gasteiger partial charge in [-0.2, -0.15) is 0 Å². The van der Waals surface area contributed by atoms with Crippen molar-refractivity contribution in [3.8, 4) is 0 Å². The zero-order valence-corrected chi connectivity index (χ0v) is 35.1. The highest BCUT2D eigenvalue weighted by atomic mass is 28.6. The Hall–Kier alpha value is 0.725. The molecular formula is C21H48O14Si8. The van der Waals surface area contributed by atoms with Crippen molar-refractivity contribution in [3.63, 3.8) is 0 Å². The van der Waals surface area contributed by atoms with E-state index in [0.717, 1.165) is 0 Å². The Balaban J connectivity index is 1.79. The van der Waals surface area contributed by atoms with E-state index in [1.165, 1.54) is 0 Å². The smallest absolute Gasteiger partial charge is 0.461 e. The molecule has 0 aromatic carbocycles. The molecule has 0 N–H and O–H groups in total. The number of hydrogen-bond acceptors (Lipinski definition) is 14. The van der Waals surface area contributed by atoms with Gasteiger partial charge in [-0.15, -0.1) is 0 Å². The van der Waals surface area contributed by atoms with E-state index in [1.54, 1.807) is 0 Å². The Morgan fingerprint density at radius 3 is 0.837 bits per heavy atom. The Kier molecular flexibility index (Phi) is 9.54. The van der Waals surface area contributed by atoms with Crippen molar-refractivity contribution in [3.05, 3.63) is 0 Å². The third-order valence-electron chi connectivity index (χ3n) is 8.58. The van der Waals surface area contributed by atoms with Gasteiger partial charge in [-0.25, -0.2) is 0 Å². The molecule has 6 aliphatic rings. The summed E-state index contributed by atoms with van der Waals surface area (Å²) in [5, 5.41) is 0. The minimum atomic E-state index is -4.15. The second-order valence-corrected chi connectivity index (χ2v) is 37.9. The quantitative estimate of drug-likeness (QED) is 0.218. The van der Waals surface area contributed by atoms with Crippen molar-refractivity contribution >= 4 is 76.4 Å². The van der Waals surface area contributed by atoms with Gasteiger partial charge in [0.15, 0.2) is 6.23 Å². The summed E-state index contributed by atoms with van der Waals surface area (Å²) in [5.74, 6) is -0.404. The van der Waals surface area contributed by atoms with E-state index in [2.05, 4.69) is 0 Å². The zero-order chi connectivity index (χ0) is 31.6. The van der Waals surface area contributed by atoms with E-state index in [4.69, 9.17) is 54.1 Å². The average molecular weight is 749 g/mol. The fourth-order valence-electron chi connectivity index (χ4n) is 5.44. The van der Waals surface area contributed by atoms with E-state index in [0.29, 0.717) is 48.7 Å². The van der Waals surface area contributed by atoms with Crippen LogP contribution >= 0.6 is 0 Å². The van der Waals surface area contributed by atoms with Gasteiger partial charge in [-0.1, -0.05) is 55.4 Å². The van der Waals surface area contributed by atoms with Crippen LogP contribution in [0.2, 0.25) is 42.3 Å². The molecule has 248 valence electrons. The average Bonchev–Trinajstić information content (AvgIpc) is 2.95. The lowest BCUT2D eigenvalue weighted by atomic mass is 9.91. The summed E-state index contributed by atoms with van der Waals surface area (Å²) in [6.07, 6.45) is 0.273. The molecule has 43 heavy (non-hydrogen) atoms. The maximum atomic E-state index is 13.3. The molecule has 6 aliphatic heterocycles. The van der Waals surface area contributed by atoms with Gasteiger partial charge in [0.2, 0.25) is 0 Å². The molecule has 0 unspecified atom stereocenters. The summed E-state index contributed by atoms with van der Waals surface area (Å²) < 4.78 is 90.7.